The molecule has 0 aromatic heterocycles. The van der Waals surface area contributed by atoms with Crippen LogP contribution in [0, 0.1) is 0 Å². The summed E-state index contributed by atoms with van der Waals surface area (Å²) in [6, 6.07) is 7.79. The third-order valence-electron chi connectivity index (χ3n) is 3.98. The summed E-state index contributed by atoms with van der Waals surface area (Å²) in [6.07, 6.45) is 2.54. The Labute approximate surface area is 148 Å². The van der Waals surface area contributed by atoms with Gasteiger partial charge in [0.25, 0.3) is 5.91 Å². The van der Waals surface area contributed by atoms with Crippen LogP contribution in [-0.4, -0.2) is 69.8 Å². The van der Waals surface area contributed by atoms with E-state index in [0.29, 0.717) is 32.4 Å². The first-order chi connectivity index (χ1) is 11.8. The molecule has 1 amide bonds. The number of amides is 1. The Bertz CT molecular complexity index is 498. The first-order valence-electron chi connectivity index (χ1n) is 8.37. The molecule has 1 fully saturated rings. The molecule has 5 nitrogen and oxygen atoms in total. The van der Waals surface area contributed by atoms with Crippen molar-refractivity contribution in [1.82, 2.24) is 4.90 Å². The molecule has 1 saturated heterocycles. The van der Waals surface area contributed by atoms with E-state index in [0.717, 1.165) is 35.7 Å². The van der Waals surface area contributed by atoms with Crippen molar-refractivity contribution in [2.75, 3.05) is 52.9 Å². The highest BCUT2D eigenvalue weighted by atomic mass is 32.2. The normalized spacial score (nSPS) is 17.2. The van der Waals surface area contributed by atoms with Crippen LogP contribution in [0.5, 0.6) is 0 Å². The third kappa shape index (κ3) is 5.77. The van der Waals surface area contributed by atoms with Gasteiger partial charge in [-0.3, -0.25) is 4.79 Å². The van der Waals surface area contributed by atoms with Gasteiger partial charge in [-0.2, -0.15) is 0 Å². The molecule has 1 atom stereocenters. The number of hydrogen-bond acceptors (Lipinski definition) is 5. The standard InChI is InChI=1S/C18H27NO4S/c1-21-12-9-19(10-13-22-2)18(20)16-7-3-4-8-17(16)24-14-15-6-5-11-23-15/h3-4,7-8,15H,5-6,9-14H2,1-2H3. The van der Waals surface area contributed by atoms with E-state index in [1.54, 1.807) is 30.9 Å². The van der Waals surface area contributed by atoms with E-state index in [2.05, 4.69) is 0 Å². The zero-order valence-electron chi connectivity index (χ0n) is 14.5. The van der Waals surface area contributed by atoms with E-state index < -0.39 is 0 Å². The topological polar surface area (TPSA) is 48.0 Å². The predicted molar refractivity (Wildman–Crippen MR) is 95.8 cm³/mol. The van der Waals surface area contributed by atoms with Crippen molar-refractivity contribution in [1.29, 1.82) is 0 Å². The molecule has 2 rings (SSSR count). The Kier molecular flexibility index (Phi) is 8.59. The van der Waals surface area contributed by atoms with Crippen LogP contribution in [0.1, 0.15) is 23.2 Å². The van der Waals surface area contributed by atoms with Gasteiger partial charge < -0.3 is 19.1 Å². The summed E-state index contributed by atoms with van der Waals surface area (Å²) in [6.45, 7) is 3.00. The van der Waals surface area contributed by atoms with Crippen molar-refractivity contribution < 1.29 is 19.0 Å². The summed E-state index contributed by atoms with van der Waals surface area (Å²) in [4.78, 5) is 15.7. The lowest BCUT2D eigenvalue weighted by Crippen LogP contribution is -2.36. The maximum absolute atomic E-state index is 12.9. The first kappa shape index (κ1) is 19.2. The number of carbonyl (C=O) groups excluding carboxylic acids is 1. The van der Waals surface area contributed by atoms with Gasteiger partial charge in [-0.15, -0.1) is 11.8 Å². The summed E-state index contributed by atoms with van der Waals surface area (Å²) in [5.41, 5.74) is 0.743. The van der Waals surface area contributed by atoms with Crippen LogP contribution in [0.2, 0.25) is 0 Å². The third-order valence-corrected chi connectivity index (χ3v) is 5.19. The lowest BCUT2D eigenvalue weighted by Gasteiger charge is -2.23. The molecule has 1 aliphatic heterocycles. The minimum atomic E-state index is 0.0274. The molecule has 1 aromatic rings. The Morgan fingerprint density at radius 1 is 1.25 bits per heavy atom. The number of carbonyl (C=O) groups is 1. The summed E-state index contributed by atoms with van der Waals surface area (Å²) >= 11 is 1.70. The zero-order chi connectivity index (χ0) is 17.2. The van der Waals surface area contributed by atoms with Crippen molar-refractivity contribution in [3.63, 3.8) is 0 Å². The van der Waals surface area contributed by atoms with Crippen LogP contribution in [-0.2, 0) is 14.2 Å². The highest BCUT2D eigenvalue weighted by Gasteiger charge is 2.21. The second-order valence-electron chi connectivity index (χ2n) is 5.72. The van der Waals surface area contributed by atoms with E-state index >= 15 is 0 Å². The molecule has 0 radical (unpaired) electrons. The lowest BCUT2D eigenvalue weighted by atomic mass is 10.2. The van der Waals surface area contributed by atoms with Gasteiger partial charge in [0.05, 0.1) is 24.9 Å². The number of hydrogen-bond donors (Lipinski definition) is 0. The summed E-state index contributed by atoms with van der Waals surface area (Å²) in [5.74, 6) is 0.917. The summed E-state index contributed by atoms with van der Waals surface area (Å²) in [5, 5.41) is 0. The second-order valence-corrected chi connectivity index (χ2v) is 6.78. The average molecular weight is 353 g/mol. The molecule has 0 bridgehead atoms. The fraction of sp³-hybridized carbons (Fsp3) is 0.611. The maximum atomic E-state index is 12.9. The van der Waals surface area contributed by atoms with Gasteiger partial charge in [0.15, 0.2) is 0 Å². The molecule has 0 N–H and O–H groups in total. The number of nitrogens with zero attached hydrogens (tertiary/aromatic N) is 1. The molecule has 1 aliphatic rings. The quantitative estimate of drug-likeness (QED) is 0.605. The van der Waals surface area contributed by atoms with Crippen molar-refractivity contribution >= 4 is 17.7 Å². The van der Waals surface area contributed by atoms with Gasteiger partial charge in [0.1, 0.15) is 0 Å². The highest BCUT2D eigenvalue weighted by molar-refractivity contribution is 7.99. The molecule has 0 saturated carbocycles. The number of benzene rings is 1. The molecule has 1 aromatic carbocycles. The largest absolute Gasteiger partial charge is 0.383 e. The van der Waals surface area contributed by atoms with Gasteiger partial charge in [-0.1, -0.05) is 12.1 Å². The molecule has 0 spiro atoms. The zero-order valence-corrected chi connectivity index (χ0v) is 15.3. The predicted octanol–water partition coefficient (Wildman–Crippen LogP) is 2.69. The van der Waals surface area contributed by atoms with Crippen LogP contribution in [0.4, 0.5) is 0 Å². The summed E-state index contributed by atoms with van der Waals surface area (Å²) < 4.78 is 15.9. The Morgan fingerprint density at radius 2 is 1.96 bits per heavy atom. The molecular formula is C18H27NO4S. The SMILES string of the molecule is COCCN(CCOC)C(=O)c1ccccc1SCC1CCCO1. The number of rotatable bonds is 10. The smallest absolute Gasteiger partial charge is 0.255 e. The molecule has 0 aliphatic carbocycles. The molecule has 24 heavy (non-hydrogen) atoms. The van der Waals surface area contributed by atoms with Crippen LogP contribution in [0.15, 0.2) is 29.2 Å². The van der Waals surface area contributed by atoms with Crippen LogP contribution < -0.4 is 0 Å². The van der Waals surface area contributed by atoms with E-state index in [4.69, 9.17) is 14.2 Å². The average Bonchev–Trinajstić information content (AvgIpc) is 3.13. The molecule has 1 unspecified atom stereocenters. The van der Waals surface area contributed by atoms with Crippen LogP contribution >= 0.6 is 11.8 Å². The monoisotopic (exact) mass is 353 g/mol. The van der Waals surface area contributed by atoms with Crippen molar-refractivity contribution in [3.8, 4) is 0 Å². The fourth-order valence-electron chi connectivity index (χ4n) is 2.62. The summed E-state index contributed by atoms with van der Waals surface area (Å²) in [7, 11) is 3.29. The van der Waals surface area contributed by atoms with E-state index in [9.17, 15) is 4.79 Å². The van der Waals surface area contributed by atoms with Crippen LogP contribution in [0.3, 0.4) is 0 Å². The highest BCUT2D eigenvalue weighted by Crippen LogP contribution is 2.27. The number of thioether (sulfide) groups is 1. The van der Waals surface area contributed by atoms with Gasteiger partial charge in [0.2, 0.25) is 0 Å². The second kappa shape index (κ2) is 10.7. The van der Waals surface area contributed by atoms with Crippen molar-refractivity contribution in [2.24, 2.45) is 0 Å². The molecular weight excluding hydrogens is 326 g/mol. The Hall–Kier alpha value is -1.08. The van der Waals surface area contributed by atoms with Crippen LogP contribution in [0.25, 0.3) is 0 Å². The van der Waals surface area contributed by atoms with Gasteiger partial charge in [-0.25, -0.2) is 0 Å². The Morgan fingerprint density at radius 3 is 2.58 bits per heavy atom. The Balaban J connectivity index is 2.04. The molecule has 1 heterocycles. The van der Waals surface area contributed by atoms with Gasteiger partial charge in [0, 0.05) is 44.6 Å². The maximum Gasteiger partial charge on any atom is 0.255 e. The van der Waals surface area contributed by atoms with Crippen molar-refractivity contribution in [3.05, 3.63) is 29.8 Å². The lowest BCUT2D eigenvalue weighted by molar-refractivity contribution is 0.0624. The van der Waals surface area contributed by atoms with Gasteiger partial charge in [-0.05, 0) is 25.0 Å². The number of methoxy groups -OCH3 is 2. The first-order valence-corrected chi connectivity index (χ1v) is 9.35. The minimum absolute atomic E-state index is 0.0274. The number of ether oxygens (including phenoxy) is 3. The minimum Gasteiger partial charge on any atom is -0.383 e. The van der Waals surface area contributed by atoms with E-state index in [1.165, 1.54) is 0 Å². The van der Waals surface area contributed by atoms with E-state index in [1.807, 2.05) is 24.3 Å². The van der Waals surface area contributed by atoms with Gasteiger partial charge >= 0.3 is 0 Å². The van der Waals surface area contributed by atoms with E-state index in [-0.39, 0.29) is 5.91 Å². The fourth-order valence-corrected chi connectivity index (χ4v) is 3.73. The van der Waals surface area contributed by atoms with Crippen molar-refractivity contribution in [2.45, 2.75) is 23.8 Å². The molecule has 134 valence electrons. The molecule has 6 heteroatoms.